The van der Waals surface area contributed by atoms with E-state index in [1.54, 1.807) is 11.6 Å². The third-order valence-corrected chi connectivity index (χ3v) is 4.38. The van der Waals surface area contributed by atoms with Crippen LogP contribution in [0.3, 0.4) is 0 Å². The predicted molar refractivity (Wildman–Crippen MR) is 101 cm³/mol. The van der Waals surface area contributed by atoms with Crippen LogP contribution in [0.1, 0.15) is 22.5 Å². The van der Waals surface area contributed by atoms with Crippen molar-refractivity contribution in [2.75, 3.05) is 5.43 Å². The summed E-state index contributed by atoms with van der Waals surface area (Å²) in [4.78, 5) is 14.0. The van der Waals surface area contributed by atoms with E-state index < -0.39 is 0 Å². The molecule has 0 fully saturated rings. The van der Waals surface area contributed by atoms with Crippen LogP contribution in [0.5, 0.6) is 0 Å². The van der Waals surface area contributed by atoms with Crippen molar-refractivity contribution in [3.63, 3.8) is 0 Å². The second-order valence-corrected chi connectivity index (χ2v) is 6.26. The second kappa shape index (κ2) is 7.67. The number of aromatic nitrogens is 5. The smallest absolute Gasteiger partial charge is 0.274 e. The van der Waals surface area contributed by atoms with Crippen molar-refractivity contribution in [3.05, 3.63) is 67.3 Å². The van der Waals surface area contributed by atoms with Gasteiger partial charge in [0.25, 0.3) is 5.56 Å². The van der Waals surface area contributed by atoms with Crippen LogP contribution in [-0.4, -0.2) is 31.2 Å². The van der Waals surface area contributed by atoms with Crippen molar-refractivity contribution in [1.82, 2.24) is 25.0 Å². The van der Waals surface area contributed by atoms with Crippen LogP contribution in [0.2, 0.25) is 10.2 Å². The SMILES string of the molecule is Cc1nn(Cc2ccccc2Cl)c(Cl)c1/C=N\Nc1nnc(C)c(=O)[nH]1. The summed E-state index contributed by atoms with van der Waals surface area (Å²) >= 11 is 12.6. The fourth-order valence-corrected chi connectivity index (χ4v) is 2.69. The van der Waals surface area contributed by atoms with Crippen molar-refractivity contribution in [2.45, 2.75) is 20.4 Å². The van der Waals surface area contributed by atoms with E-state index in [4.69, 9.17) is 23.2 Å². The zero-order chi connectivity index (χ0) is 18.7. The number of H-pyrrole nitrogens is 1. The largest absolute Gasteiger partial charge is 0.288 e. The molecule has 10 heteroatoms. The Kier molecular flexibility index (Phi) is 5.34. The van der Waals surface area contributed by atoms with E-state index in [1.165, 1.54) is 6.21 Å². The summed E-state index contributed by atoms with van der Waals surface area (Å²) in [7, 11) is 0. The quantitative estimate of drug-likeness (QED) is 0.514. The van der Waals surface area contributed by atoms with Crippen molar-refractivity contribution in [1.29, 1.82) is 0 Å². The molecule has 0 unspecified atom stereocenters. The Morgan fingerprint density at radius 1 is 1.23 bits per heavy atom. The molecule has 0 radical (unpaired) electrons. The van der Waals surface area contributed by atoms with Gasteiger partial charge in [-0.25, -0.2) is 10.1 Å². The van der Waals surface area contributed by atoms with Gasteiger partial charge in [-0.1, -0.05) is 41.4 Å². The number of rotatable bonds is 5. The van der Waals surface area contributed by atoms with Gasteiger partial charge in [0.15, 0.2) is 0 Å². The minimum absolute atomic E-state index is 0.133. The molecule has 2 heterocycles. The average Bonchev–Trinajstić information content (AvgIpc) is 2.87. The average molecular weight is 392 g/mol. The molecule has 0 aliphatic carbocycles. The Morgan fingerprint density at radius 2 is 2.00 bits per heavy atom. The molecule has 3 aromatic rings. The molecule has 2 N–H and O–H groups in total. The molecule has 8 nitrogen and oxygen atoms in total. The topological polar surface area (TPSA) is 101 Å². The Balaban J connectivity index is 1.78. The van der Waals surface area contributed by atoms with Gasteiger partial charge in [-0.05, 0) is 25.5 Å². The number of nitrogens with one attached hydrogen (secondary N) is 2. The van der Waals surface area contributed by atoms with Crippen LogP contribution in [0.15, 0.2) is 34.2 Å². The van der Waals surface area contributed by atoms with E-state index in [0.29, 0.717) is 28.0 Å². The molecule has 26 heavy (non-hydrogen) atoms. The Labute approximate surface area is 158 Å². The summed E-state index contributed by atoms with van der Waals surface area (Å²) in [6.45, 7) is 3.83. The summed E-state index contributed by atoms with van der Waals surface area (Å²) in [5.74, 6) is 0.133. The van der Waals surface area contributed by atoms with Gasteiger partial charge in [0.2, 0.25) is 5.95 Å². The van der Waals surface area contributed by atoms with Gasteiger partial charge in [0.1, 0.15) is 10.8 Å². The summed E-state index contributed by atoms with van der Waals surface area (Å²) in [6, 6.07) is 7.50. The summed E-state index contributed by atoms with van der Waals surface area (Å²) < 4.78 is 1.65. The highest BCUT2D eigenvalue weighted by atomic mass is 35.5. The number of nitrogens with zero attached hydrogens (tertiary/aromatic N) is 5. The highest BCUT2D eigenvalue weighted by Gasteiger charge is 2.13. The minimum Gasteiger partial charge on any atom is -0.288 e. The molecule has 0 aliphatic rings. The highest BCUT2D eigenvalue weighted by molar-refractivity contribution is 6.32. The molecular weight excluding hydrogens is 377 g/mol. The lowest BCUT2D eigenvalue weighted by molar-refractivity contribution is 0.680. The third-order valence-electron chi connectivity index (χ3n) is 3.61. The van der Waals surface area contributed by atoms with Gasteiger partial charge in [-0.2, -0.15) is 10.2 Å². The molecule has 0 saturated carbocycles. The molecule has 3 rings (SSSR count). The number of halogens is 2. The zero-order valence-corrected chi connectivity index (χ0v) is 15.5. The molecule has 2 aromatic heterocycles. The minimum atomic E-state index is -0.334. The van der Waals surface area contributed by atoms with Crippen LogP contribution in [-0.2, 0) is 6.54 Å². The number of benzene rings is 1. The van der Waals surface area contributed by atoms with Gasteiger partial charge < -0.3 is 0 Å². The van der Waals surface area contributed by atoms with E-state index in [1.807, 2.05) is 31.2 Å². The zero-order valence-electron chi connectivity index (χ0n) is 14.0. The van der Waals surface area contributed by atoms with Crippen LogP contribution >= 0.6 is 23.2 Å². The van der Waals surface area contributed by atoms with Crippen LogP contribution in [0.4, 0.5) is 5.95 Å². The fraction of sp³-hybridized carbons (Fsp3) is 0.188. The van der Waals surface area contributed by atoms with Crippen LogP contribution in [0, 0.1) is 13.8 Å². The first-order valence-corrected chi connectivity index (χ1v) is 8.40. The predicted octanol–water partition coefficient (Wildman–Crippen LogP) is 2.78. The van der Waals surface area contributed by atoms with Crippen molar-refractivity contribution in [3.8, 4) is 0 Å². The third kappa shape index (κ3) is 3.92. The Hall–Kier alpha value is -2.71. The van der Waals surface area contributed by atoms with Crippen molar-refractivity contribution in [2.24, 2.45) is 5.10 Å². The van der Waals surface area contributed by atoms with Crippen molar-refractivity contribution >= 4 is 35.4 Å². The summed E-state index contributed by atoms with van der Waals surface area (Å²) in [6.07, 6.45) is 1.51. The molecular formula is C16H15Cl2N7O. The monoisotopic (exact) mass is 391 g/mol. The first kappa shape index (κ1) is 18.1. The highest BCUT2D eigenvalue weighted by Crippen LogP contribution is 2.22. The maximum atomic E-state index is 11.5. The number of anilines is 1. The van der Waals surface area contributed by atoms with E-state index in [-0.39, 0.29) is 17.2 Å². The fourth-order valence-electron chi connectivity index (χ4n) is 2.21. The number of hydrazone groups is 1. The Morgan fingerprint density at radius 3 is 2.73 bits per heavy atom. The lowest BCUT2D eigenvalue weighted by atomic mass is 10.2. The molecule has 0 saturated heterocycles. The van der Waals surface area contributed by atoms with Gasteiger partial charge in [0.05, 0.1) is 24.0 Å². The molecule has 0 bridgehead atoms. The van der Waals surface area contributed by atoms with Crippen molar-refractivity contribution < 1.29 is 0 Å². The van der Waals surface area contributed by atoms with Gasteiger partial charge in [-0.3, -0.25) is 9.78 Å². The molecule has 0 spiro atoms. The first-order valence-electron chi connectivity index (χ1n) is 7.64. The van der Waals surface area contributed by atoms with E-state index in [0.717, 1.165) is 5.56 Å². The number of hydrogen-bond donors (Lipinski definition) is 2. The van der Waals surface area contributed by atoms with E-state index >= 15 is 0 Å². The number of hydrogen-bond acceptors (Lipinski definition) is 6. The molecule has 1 aromatic carbocycles. The molecule has 0 aliphatic heterocycles. The number of aryl methyl sites for hydroxylation is 2. The summed E-state index contributed by atoms with van der Waals surface area (Å²) in [5.41, 5.74) is 4.81. The van der Waals surface area contributed by atoms with Gasteiger partial charge in [0, 0.05) is 5.02 Å². The lowest BCUT2D eigenvalue weighted by Gasteiger charge is -2.05. The standard InChI is InChI=1S/C16H15Cl2N7O/c1-9-12(7-19-22-16-20-15(26)10(2)21-23-16)14(18)25(24-9)8-11-5-3-4-6-13(11)17/h3-7H,8H2,1-2H3,(H2,20,22,23,26)/b19-7-. The maximum Gasteiger partial charge on any atom is 0.274 e. The van der Waals surface area contributed by atoms with Crippen LogP contribution in [0.25, 0.3) is 0 Å². The molecule has 134 valence electrons. The number of aromatic amines is 1. The van der Waals surface area contributed by atoms with Gasteiger partial charge >= 0.3 is 0 Å². The first-order chi connectivity index (χ1) is 12.5. The van der Waals surface area contributed by atoms with Crippen LogP contribution < -0.4 is 11.0 Å². The van der Waals surface area contributed by atoms with E-state index in [2.05, 4.69) is 30.8 Å². The second-order valence-electron chi connectivity index (χ2n) is 5.50. The lowest BCUT2D eigenvalue weighted by Crippen LogP contribution is -2.15. The maximum absolute atomic E-state index is 11.5. The van der Waals surface area contributed by atoms with Gasteiger partial charge in [-0.15, -0.1) is 10.2 Å². The molecule has 0 atom stereocenters. The normalized spacial score (nSPS) is 11.2. The van der Waals surface area contributed by atoms with E-state index in [9.17, 15) is 4.79 Å². The summed E-state index contributed by atoms with van der Waals surface area (Å²) in [5, 5.41) is 17.0. The Bertz CT molecular complexity index is 1030. The molecule has 0 amide bonds.